The Morgan fingerprint density at radius 2 is 2.05 bits per heavy atom. The van der Waals surface area contributed by atoms with Gasteiger partial charge in [-0.15, -0.1) is 10.2 Å². The molecule has 0 fully saturated rings. The van der Waals surface area contributed by atoms with Crippen molar-refractivity contribution in [1.82, 2.24) is 24.5 Å². The molecule has 2 aromatic heterocycles. The molecule has 0 atom stereocenters. The van der Waals surface area contributed by atoms with E-state index in [0.29, 0.717) is 6.54 Å². The van der Waals surface area contributed by atoms with Gasteiger partial charge in [0.2, 0.25) is 0 Å². The Balaban J connectivity index is 2.18. The summed E-state index contributed by atoms with van der Waals surface area (Å²) in [5.41, 5.74) is 7.89. The molecule has 0 spiro atoms. The molecule has 6 nitrogen and oxygen atoms in total. The highest BCUT2D eigenvalue weighted by Crippen LogP contribution is 2.28. The van der Waals surface area contributed by atoms with E-state index >= 15 is 0 Å². The lowest BCUT2D eigenvalue weighted by atomic mass is 10.3. The molecule has 0 bridgehead atoms. The fraction of sp³-hybridized carbons (Fsp3) is 0.583. The average Bonchev–Trinajstić information content (AvgIpc) is 2.97. The molecule has 0 aromatic carbocycles. The Morgan fingerprint density at radius 3 is 2.60 bits per heavy atom. The van der Waals surface area contributed by atoms with Crippen LogP contribution in [0.3, 0.4) is 0 Å². The van der Waals surface area contributed by atoms with Crippen molar-refractivity contribution in [3.8, 4) is 0 Å². The number of nitrogens with zero attached hydrogens (tertiary/aromatic N) is 5. The van der Waals surface area contributed by atoms with E-state index in [0.717, 1.165) is 39.9 Å². The van der Waals surface area contributed by atoms with Crippen molar-refractivity contribution in [3.63, 3.8) is 0 Å². The van der Waals surface area contributed by atoms with E-state index in [4.69, 9.17) is 5.73 Å². The lowest BCUT2D eigenvalue weighted by Gasteiger charge is -2.05. The van der Waals surface area contributed by atoms with Crippen molar-refractivity contribution in [3.05, 3.63) is 21.7 Å². The Labute approximate surface area is 131 Å². The summed E-state index contributed by atoms with van der Waals surface area (Å²) in [4.78, 5) is 0. The fourth-order valence-corrected chi connectivity index (χ4v) is 3.78. The summed E-state index contributed by atoms with van der Waals surface area (Å²) >= 11 is 5.30. The molecular formula is C12H19BrN6S. The highest BCUT2D eigenvalue weighted by molar-refractivity contribution is 9.10. The van der Waals surface area contributed by atoms with Gasteiger partial charge in [-0.05, 0) is 29.3 Å². The normalized spacial score (nSPS) is 11.2. The minimum absolute atomic E-state index is 0.403. The van der Waals surface area contributed by atoms with Gasteiger partial charge in [0.1, 0.15) is 5.82 Å². The first kappa shape index (κ1) is 15.5. The zero-order valence-corrected chi connectivity index (χ0v) is 14.3. The van der Waals surface area contributed by atoms with Crippen molar-refractivity contribution in [2.45, 2.75) is 44.3 Å². The number of nitrogens with two attached hydrogens (primary N) is 1. The Kier molecular flexibility index (Phi) is 5.22. The molecule has 2 N–H and O–H groups in total. The second kappa shape index (κ2) is 6.73. The van der Waals surface area contributed by atoms with Crippen LogP contribution in [-0.4, -0.2) is 24.5 Å². The van der Waals surface area contributed by atoms with E-state index in [9.17, 15) is 0 Å². The van der Waals surface area contributed by atoms with Crippen LogP contribution in [0.5, 0.6) is 0 Å². The van der Waals surface area contributed by atoms with Gasteiger partial charge in [0.05, 0.1) is 22.4 Å². The molecule has 0 saturated carbocycles. The van der Waals surface area contributed by atoms with Gasteiger partial charge < -0.3 is 10.3 Å². The largest absolute Gasteiger partial charge is 0.324 e. The summed E-state index contributed by atoms with van der Waals surface area (Å²) in [6.45, 7) is 5.48. The zero-order valence-electron chi connectivity index (χ0n) is 11.9. The molecule has 0 saturated heterocycles. The topological polar surface area (TPSA) is 74.6 Å². The van der Waals surface area contributed by atoms with Crippen molar-refractivity contribution in [1.29, 1.82) is 0 Å². The van der Waals surface area contributed by atoms with Gasteiger partial charge in [-0.2, -0.15) is 5.10 Å². The maximum Gasteiger partial charge on any atom is 0.191 e. The molecule has 0 aliphatic heterocycles. The van der Waals surface area contributed by atoms with Crippen molar-refractivity contribution >= 4 is 27.7 Å². The monoisotopic (exact) mass is 358 g/mol. The summed E-state index contributed by atoms with van der Waals surface area (Å²) in [6.07, 6.45) is 0.923. The molecule has 0 amide bonds. The summed E-state index contributed by atoms with van der Waals surface area (Å²) in [5, 5.41) is 13.7. The summed E-state index contributed by atoms with van der Waals surface area (Å²) < 4.78 is 5.08. The number of aromatic nitrogens is 5. The van der Waals surface area contributed by atoms with E-state index < -0.39 is 0 Å². The van der Waals surface area contributed by atoms with E-state index in [1.807, 2.05) is 16.3 Å². The molecule has 0 unspecified atom stereocenters. The third kappa shape index (κ3) is 2.91. The van der Waals surface area contributed by atoms with Crippen LogP contribution in [-0.2, 0) is 32.3 Å². The van der Waals surface area contributed by atoms with Gasteiger partial charge in [0, 0.05) is 19.3 Å². The van der Waals surface area contributed by atoms with Crippen LogP contribution in [0, 0.1) is 0 Å². The Morgan fingerprint density at radius 1 is 1.30 bits per heavy atom. The molecule has 2 aromatic rings. The minimum atomic E-state index is 0.403. The summed E-state index contributed by atoms with van der Waals surface area (Å²) in [7, 11) is 1.94. The molecule has 0 aliphatic carbocycles. The SMILES string of the molecule is CCc1nn(CC)c(CSc2nnc(CN)n2C)c1Br. The van der Waals surface area contributed by atoms with E-state index in [1.54, 1.807) is 11.8 Å². The maximum absolute atomic E-state index is 5.61. The number of thioether (sulfide) groups is 1. The lowest BCUT2D eigenvalue weighted by Crippen LogP contribution is -2.05. The molecule has 110 valence electrons. The average molecular weight is 359 g/mol. The van der Waals surface area contributed by atoms with Gasteiger partial charge in [0.25, 0.3) is 0 Å². The predicted molar refractivity (Wildman–Crippen MR) is 83.4 cm³/mol. The third-order valence-corrected chi connectivity index (χ3v) is 5.09. The highest BCUT2D eigenvalue weighted by Gasteiger charge is 2.15. The number of aryl methyl sites for hydroxylation is 2. The van der Waals surface area contributed by atoms with Crippen LogP contribution < -0.4 is 5.73 Å². The van der Waals surface area contributed by atoms with Gasteiger partial charge in [-0.3, -0.25) is 4.68 Å². The first-order valence-electron chi connectivity index (χ1n) is 6.57. The van der Waals surface area contributed by atoms with Crippen LogP contribution in [0.4, 0.5) is 0 Å². The molecule has 0 radical (unpaired) electrons. The maximum atomic E-state index is 5.61. The molecule has 2 heterocycles. The van der Waals surface area contributed by atoms with Crippen molar-refractivity contribution < 1.29 is 0 Å². The third-order valence-electron chi connectivity index (χ3n) is 3.14. The number of hydrogen-bond acceptors (Lipinski definition) is 5. The molecule has 0 aliphatic rings. The van der Waals surface area contributed by atoms with Gasteiger partial charge >= 0.3 is 0 Å². The van der Waals surface area contributed by atoms with Gasteiger partial charge in [0.15, 0.2) is 5.16 Å². The first-order valence-corrected chi connectivity index (χ1v) is 8.35. The smallest absolute Gasteiger partial charge is 0.191 e. The van der Waals surface area contributed by atoms with E-state index in [2.05, 4.69) is 45.1 Å². The highest BCUT2D eigenvalue weighted by atomic mass is 79.9. The molecule has 8 heteroatoms. The van der Waals surface area contributed by atoms with Crippen LogP contribution >= 0.6 is 27.7 Å². The van der Waals surface area contributed by atoms with Gasteiger partial charge in [-0.25, -0.2) is 0 Å². The predicted octanol–water partition coefficient (Wildman–Crippen LogP) is 2.11. The first-order chi connectivity index (χ1) is 9.62. The second-order valence-electron chi connectivity index (χ2n) is 4.33. The summed E-state index contributed by atoms with van der Waals surface area (Å²) in [6, 6.07) is 0. The minimum Gasteiger partial charge on any atom is -0.324 e. The number of rotatable bonds is 6. The second-order valence-corrected chi connectivity index (χ2v) is 6.06. The van der Waals surface area contributed by atoms with Crippen LogP contribution in [0.25, 0.3) is 0 Å². The number of hydrogen-bond donors (Lipinski definition) is 1. The van der Waals surface area contributed by atoms with Crippen LogP contribution in [0.2, 0.25) is 0 Å². The lowest BCUT2D eigenvalue weighted by molar-refractivity contribution is 0.627. The fourth-order valence-electron chi connectivity index (χ4n) is 1.94. The quantitative estimate of drug-likeness (QED) is 0.800. The standard InChI is InChI=1S/C12H19BrN6S/c1-4-8-11(13)9(19(5-2)17-8)7-20-12-16-15-10(6-14)18(12)3/h4-7,14H2,1-3H3. The van der Waals surface area contributed by atoms with Crippen LogP contribution in [0.1, 0.15) is 31.1 Å². The van der Waals surface area contributed by atoms with Crippen molar-refractivity contribution in [2.75, 3.05) is 0 Å². The number of halogens is 1. The molecular weight excluding hydrogens is 340 g/mol. The summed E-state index contributed by atoms with van der Waals surface area (Å²) in [5.74, 6) is 1.60. The molecule has 20 heavy (non-hydrogen) atoms. The van der Waals surface area contributed by atoms with Crippen molar-refractivity contribution in [2.24, 2.45) is 12.8 Å². The van der Waals surface area contributed by atoms with Gasteiger partial charge in [-0.1, -0.05) is 18.7 Å². The van der Waals surface area contributed by atoms with E-state index in [-0.39, 0.29) is 0 Å². The van der Waals surface area contributed by atoms with E-state index in [1.165, 1.54) is 5.69 Å². The van der Waals surface area contributed by atoms with Crippen LogP contribution in [0.15, 0.2) is 9.63 Å². The Hall–Kier alpha value is -0.860. The molecule has 2 rings (SSSR count). The zero-order chi connectivity index (χ0) is 14.7. The Bertz CT molecular complexity index is 591.